The Morgan fingerprint density at radius 1 is 0.889 bits per heavy atom. The van der Waals surface area contributed by atoms with Gasteiger partial charge in [0.15, 0.2) is 17.5 Å². The van der Waals surface area contributed by atoms with Gasteiger partial charge in [-0.25, -0.2) is 13.2 Å². The summed E-state index contributed by atoms with van der Waals surface area (Å²) in [6, 6.07) is 7.58. The number of benzene rings is 2. The molecule has 0 heterocycles. The van der Waals surface area contributed by atoms with Crippen LogP contribution in [0.5, 0.6) is 0 Å². The van der Waals surface area contributed by atoms with Crippen LogP contribution in [0.2, 0.25) is 0 Å². The van der Waals surface area contributed by atoms with E-state index < -0.39 is 17.5 Å². The molecule has 0 spiro atoms. The van der Waals surface area contributed by atoms with Gasteiger partial charge in [0.1, 0.15) is 0 Å². The first-order chi connectivity index (χ1) is 8.52. The van der Waals surface area contributed by atoms with Gasteiger partial charge in [0.25, 0.3) is 0 Å². The molecule has 0 amide bonds. The number of hydrogen-bond acceptors (Lipinski definition) is 0. The predicted molar refractivity (Wildman–Crippen MR) is 65.9 cm³/mol. The van der Waals surface area contributed by atoms with Crippen LogP contribution in [0.15, 0.2) is 30.3 Å². The molecule has 0 aliphatic rings. The molecule has 0 radical (unpaired) electrons. The van der Waals surface area contributed by atoms with Gasteiger partial charge in [0.05, 0.1) is 0 Å². The second-order valence-corrected chi connectivity index (χ2v) is 4.25. The first-order valence-corrected chi connectivity index (χ1v) is 5.77. The van der Waals surface area contributed by atoms with Gasteiger partial charge >= 0.3 is 0 Å². The summed E-state index contributed by atoms with van der Waals surface area (Å²) in [5, 5.41) is 0. The van der Waals surface area contributed by atoms with Crippen molar-refractivity contribution in [3.05, 3.63) is 58.9 Å². The predicted octanol–water partition coefficient (Wildman–Crippen LogP) is 4.64. The van der Waals surface area contributed by atoms with Crippen LogP contribution in [0.25, 0.3) is 11.1 Å². The Bertz CT molecular complexity index is 565. The smallest absolute Gasteiger partial charge is 0.194 e. The van der Waals surface area contributed by atoms with Crippen LogP contribution in [0.3, 0.4) is 0 Å². The lowest BCUT2D eigenvalue weighted by atomic mass is 9.98. The number of aryl methyl sites for hydroxylation is 2. The summed E-state index contributed by atoms with van der Waals surface area (Å²) in [6.45, 7) is 3.99. The zero-order chi connectivity index (χ0) is 13.3. The maximum atomic E-state index is 13.2. The Balaban J connectivity index is 2.55. The summed E-state index contributed by atoms with van der Waals surface area (Å²) < 4.78 is 39.2. The van der Waals surface area contributed by atoms with E-state index >= 15 is 0 Å². The fourth-order valence-electron chi connectivity index (χ4n) is 1.95. The molecular formula is C15H13F3. The van der Waals surface area contributed by atoms with Crippen molar-refractivity contribution >= 4 is 0 Å². The molecule has 3 heteroatoms. The van der Waals surface area contributed by atoms with Crippen LogP contribution < -0.4 is 0 Å². The highest BCUT2D eigenvalue weighted by Crippen LogP contribution is 2.25. The van der Waals surface area contributed by atoms with Crippen molar-refractivity contribution in [3.8, 4) is 11.1 Å². The van der Waals surface area contributed by atoms with Crippen LogP contribution in [-0.2, 0) is 6.42 Å². The molecule has 0 unspecified atom stereocenters. The average molecular weight is 250 g/mol. The number of hydrogen-bond donors (Lipinski definition) is 0. The van der Waals surface area contributed by atoms with Crippen molar-refractivity contribution in [1.82, 2.24) is 0 Å². The summed E-state index contributed by atoms with van der Waals surface area (Å²) in [5.74, 6) is -3.76. The van der Waals surface area contributed by atoms with E-state index in [1.54, 1.807) is 6.07 Å². The van der Waals surface area contributed by atoms with Gasteiger partial charge in [-0.15, -0.1) is 0 Å². The summed E-state index contributed by atoms with van der Waals surface area (Å²) in [6.07, 6.45) is 0.839. The zero-order valence-electron chi connectivity index (χ0n) is 10.2. The molecule has 94 valence electrons. The van der Waals surface area contributed by atoms with Crippen LogP contribution >= 0.6 is 0 Å². The quantitative estimate of drug-likeness (QED) is 0.681. The zero-order valence-corrected chi connectivity index (χ0v) is 10.2. The Kier molecular flexibility index (Phi) is 3.41. The lowest BCUT2D eigenvalue weighted by molar-refractivity contribution is 0.447. The van der Waals surface area contributed by atoms with Crippen LogP contribution in [0.1, 0.15) is 18.1 Å². The fourth-order valence-corrected chi connectivity index (χ4v) is 1.95. The van der Waals surface area contributed by atoms with Crippen LogP contribution in [-0.4, -0.2) is 0 Å². The Labute approximate surface area is 104 Å². The van der Waals surface area contributed by atoms with Gasteiger partial charge < -0.3 is 0 Å². The Morgan fingerprint density at radius 3 is 2.06 bits per heavy atom. The highest BCUT2D eigenvalue weighted by molar-refractivity contribution is 5.65. The highest BCUT2D eigenvalue weighted by atomic mass is 19.2. The number of halogens is 3. The molecule has 0 aliphatic heterocycles. The van der Waals surface area contributed by atoms with Gasteiger partial charge in [0, 0.05) is 0 Å². The number of rotatable bonds is 2. The summed E-state index contributed by atoms with van der Waals surface area (Å²) in [7, 11) is 0. The molecule has 0 aromatic heterocycles. The average Bonchev–Trinajstić information content (AvgIpc) is 2.36. The normalized spacial score (nSPS) is 10.7. The Hall–Kier alpha value is -1.77. The Morgan fingerprint density at radius 2 is 1.50 bits per heavy atom. The first kappa shape index (κ1) is 12.7. The third-order valence-corrected chi connectivity index (χ3v) is 3.05. The van der Waals surface area contributed by atoms with E-state index in [9.17, 15) is 13.2 Å². The van der Waals surface area contributed by atoms with E-state index in [0.717, 1.165) is 29.7 Å². The van der Waals surface area contributed by atoms with Crippen molar-refractivity contribution in [3.63, 3.8) is 0 Å². The molecule has 0 aliphatic carbocycles. The molecule has 0 bridgehead atoms. The minimum absolute atomic E-state index is 0.348. The van der Waals surface area contributed by atoms with E-state index in [4.69, 9.17) is 0 Å². The van der Waals surface area contributed by atoms with Gasteiger partial charge in [-0.2, -0.15) is 0 Å². The minimum Gasteiger partial charge on any atom is -0.204 e. The second-order valence-electron chi connectivity index (χ2n) is 4.25. The molecule has 0 nitrogen and oxygen atoms in total. The van der Waals surface area contributed by atoms with Crippen LogP contribution in [0.4, 0.5) is 13.2 Å². The minimum atomic E-state index is -1.43. The highest BCUT2D eigenvalue weighted by Gasteiger charge is 2.12. The lowest BCUT2D eigenvalue weighted by Gasteiger charge is -2.08. The largest absolute Gasteiger partial charge is 0.204 e. The SMILES string of the molecule is CCc1cc(-c2cc(F)c(F)c(F)c2)ccc1C. The van der Waals surface area contributed by atoms with Crippen molar-refractivity contribution in [2.45, 2.75) is 20.3 Å². The van der Waals surface area contributed by atoms with Crippen LogP contribution in [0, 0.1) is 24.4 Å². The molecule has 0 saturated heterocycles. The summed E-state index contributed by atoms with van der Waals surface area (Å²) in [5.41, 5.74) is 3.28. The van der Waals surface area contributed by atoms with E-state index in [0.29, 0.717) is 11.1 Å². The first-order valence-electron chi connectivity index (χ1n) is 5.77. The standard InChI is InChI=1S/C15H13F3/c1-3-10-6-11(5-4-9(10)2)12-7-13(16)15(18)14(17)8-12/h4-8H,3H2,1-2H3. The van der Waals surface area contributed by atoms with Gasteiger partial charge in [-0.05, 0) is 47.7 Å². The maximum Gasteiger partial charge on any atom is 0.194 e. The molecule has 2 aromatic rings. The lowest BCUT2D eigenvalue weighted by Crippen LogP contribution is -1.93. The molecule has 0 saturated carbocycles. The molecule has 0 fully saturated rings. The second kappa shape index (κ2) is 4.84. The van der Waals surface area contributed by atoms with Crippen molar-refractivity contribution in [2.75, 3.05) is 0 Å². The molecule has 0 atom stereocenters. The van der Waals surface area contributed by atoms with Gasteiger partial charge in [-0.1, -0.05) is 25.1 Å². The maximum absolute atomic E-state index is 13.2. The molecule has 0 N–H and O–H groups in total. The molecule has 2 rings (SSSR count). The van der Waals surface area contributed by atoms with E-state index in [-0.39, 0.29) is 0 Å². The third kappa shape index (κ3) is 2.26. The topological polar surface area (TPSA) is 0 Å². The van der Waals surface area contributed by atoms with Gasteiger partial charge in [-0.3, -0.25) is 0 Å². The third-order valence-electron chi connectivity index (χ3n) is 3.05. The summed E-state index contributed by atoms with van der Waals surface area (Å²) in [4.78, 5) is 0. The molecule has 2 aromatic carbocycles. The van der Waals surface area contributed by atoms with Gasteiger partial charge in [0.2, 0.25) is 0 Å². The van der Waals surface area contributed by atoms with E-state index in [1.807, 2.05) is 26.0 Å². The monoisotopic (exact) mass is 250 g/mol. The van der Waals surface area contributed by atoms with Crippen molar-refractivity contribution < 1.29 is 13.2 Å². The molecular weight excluding hydrogens is 237 g/mol. The van der Waals surface area contributed by atoms with E-state index in [1.165, 1.54) is 0 Å². The van der Waals surface area contributed by atoms with Crippen molar-refractivity contribution in [1.29, 1.82) is 0 Å². The molecule has 18 heavy (non-hydrogen) atoms. The van der Waals surface area contributed by atoms with E-state index in [2.05, 4.69) is 0 Å². The van der Waals surface area contributed by atoms with Crippen molar-refractivity contribution in [2.24, 2.45) is 0 Å². The fraction of sp³-hybridized carbons (Fsp3) is 0.200. The summed E-state index contributed by atoms with van der Waals surface area (Å²) >= 11 is 0.